The van der Waals surface area contributed by atoms with Crippen LogP contribution in [0.25, 0.3) is 0 Å². The number of nitrogens with one attached hydrogen (secondary N) is 4. The fraction of sp³-hybridized carbons (Fsp3) is 0.429. The lowest BCUT2D eigenvalue weighted by molar-refractivity contribution is 0.402. The van der Waals surface area contributed by atoms with E-state index in [-0.39, 0.29) is 23.7 Å². The molecule has 4 unspecified atom stereocenters. The summed E-state index contributed by atoms with van der Waals surface area (Å²) in [6, 6.07) is 46.0. The Bertz CT molecular complexity index is 3230. The van der Waals surface area contributed by atoms with E-state index < -0.39 is 0 Å². The number of hydrogen-bond acceptors (Lipinski definition) is 8. The zero-order valence-electron chi connectivity index (χ0n) is 58.8. The molecule has 0 heterocycles. The van der Waals surface area contributed by atoms with Crippen LogP contribution in [0, 0.1) is 55.4 Å². The van der Waals surface area contributed by atoms with Crippen LogP contribution in [-0.2, 0) is 0 Å². The predicted octanol–water partition coefficient (Wildman–Crippen LogP) is 24.3. The van der Waals surface area contributed by atoms with E-state index in [1.165, 1.54) is 89.0 Å². The summed E-state index contributed by atoms with van der Waals surface area (Å²) in [5.41, 5.74) is 27.7. The summed E-state index contributed by atoms with van der Waals surface area (Å²) in [4.78, 5) is 0. The summed E-state index contributed by atoms with van der Waals surface area (Å²) in [6.45, 7) is 27.0. The second-order valence-corrected chi connectivity index (χ2v) is 26.5. The van der Waals surface area contributed by atoms with Crippen LogP contribution in [0.2, 0.25) is 0 Å². The van der Waals surface area contributed by atoms with Crippen molar-refractivity contribution in [3.05, 3.63) is 210 Å². The maximum atomic E-state index is 6.89. The van der Waals surface area contributed by atoms with Gasteiger partial charge in [-0.05, 0) is 172 Å². The molecular weight excluding hydrogens is 1130 g/mol. The molecule has 8 nitrogen and oxygen atoms in total. The third kappa shape index (κ3) is 15.3. The molecule has 8 bridgehead atoms. The minimum atomic E-state index is -0.107. The molecule has 0 fully saturated rings. The van der Waals surface area contributed by atoms with Crippen LogP contribution in [0.5, 0.6) is 23.0 Å². The summed E-state index contributed by atoms with van der Waals surface area (Å²) in [7, 11) is 7.48. The highest BCUT2D eigenvalue weighted by atomic mass is 16.5. The number of rotatable bonds is 28. The molecular formula is C84H108N4O4. The summed E-state index contributed by atoms with van der Waals surface area (Å²) in [6.07, 6.45) is 16.5. The number of benzene rings is 8. The smallest absolute Gasteiger partial charge is 0.124 e. The van der Waals surface area contributed by atoms with E-state index in [0.717, 1.165) is 171 Å². The number of anilines is 8. The molecule has 1 aliphatic carbocycles. The van der Waals surface area contributed by atoms with Crippen LogP contribution in [-0.4, -0.2) is 28.4 Å². The lowest BCUT2D eigenvalue weighted by Gasteiger charge is -2.33. The molecule has 0 spiro atoms. The van der Waals surface area contributed by atoms with Gasteiger partial charge in [0, 0.05) is 116 Å². The summed E-state index contributed by atoms with van der Waals surface area (Å²) in [5.74, 6) is 3.03. The standard InChI is InChI=1S/C84H108N4O4/c1-17-21-25-41-61-65-45-70(78(90-14)49-73(65)85-81-53(5)33-29-34-54(81)6)63(43-27-23-19-3)67-47-72(80(92-16)51-75(67)87-83-57(9)37-31-38-58(83)10)64(44-28-24-20-4)68-48-71(79(91-15)52-76(68)88-84-59(11)39-32-40-60(84)12)62(42-26-22-18-2)66-46-69(61)77(89-13)50-74(66)86-82-55(7)35-30-36-56(82)8/h29-40,45-52,61-64,85-88H,17-28,41-44H2,1-16H3. The molecule has 8 aromatic rings. The Morgan fingerprint density at radius 2 is 0.446 bits per heavy atom. The van der Waals surface area contributed by atoms with Gasteiger partial charge in [0.1, 0.15) is 23.0 Å². The topological polar surface area (TPSA) is 85.0 Å². The second-order valence-electron chi connectivity index (χ2n) is 26.5. The van der Waals surface area contributed by atoms with Crippen molar-refractivity contribution in [1.82, 2.24) is 0 Å². The average Bonchev–Trinajstić information content (AvgIpc) is 0.762. The molecule has 4 N–H and O–H groups in total. The summed E-state index contributed by atoms with van der Waals surface area (Å²) in [5, 5.41) is 16.6. The molecule has 9 rings (SSSR count). The van der Waals surface area contributed by atoms with E-state index in [4.69, 9.17) is 18.9 Å². The Morgan fingerprint density at radius 1 is 0.261 bits per heavy atom. The molecule has 8 heteroatoms. The van der Waals surface area contributed by atoms with E-state index in [9.17, 15) is 0 Å². The van der Waals surface area contributed by atoms with Crippen molar-refractivity contribution in [2.45, 2.75) is 209 Å². The maximum Gasteiger partial charge on any atom is 0.124 e. The lowest BCUT2D eigenvalue weighted by Crippen LogP contribution is -2.16. The van der Waals surface area contributed by atoms with Gasteiger partial charge in [-0.15, -0.1) is 0 Å². The maximum absolute atomic E-state index is 6.89. The van der Waals surface area contributed by atoms with Crippen LogP contribution in [0.3, 0.4) is 0 Å². The van der Waals surface area contributed by atoms with Gasteiger partial charge in [0.2, 0.25) is 0 Å². The number of hydrogen-bond donors (Lipinski definition) is 4. The van der Waals surface area contributed by atoms with Crippen LogP contribution in [0.1, 0.15) is 243 Å². The Labute approximate surface area is 554 Å². The van der Waals surface area contributed by atoms with Crippen LogP contribution in [0.4, 0.5) is 45.5 Å². The number of aryl methyl sites for hydroxylation is 8. The summed E-state index contributed by atoms with van der Waals surface area (Å²) >= 11 is 0. The Morgan fingerprint density at radius 3 is 0.609 bits per heavy atom. The van der Waals surface area contributed by atoms with Crippen molar-refractivity contribution in [3.63, 3.8) is 0 Å². The number of ether oxygens (including phenoxy) is 4. The average molecular weight is 1240 g/mol. The zero-order valence-corrected chi connectivity index (χ0v) is 58.8. The quantitative estimate of drug-likeness (QED) is 0.0361. The molecule has 0 saturated heterocycles. The first-order valence-corrected chi connectivity index (χ1v) is 34.8. The molecule has 1 aliphatic rings. The molecule has 488 valence electrons. The van der Waals surface area contributed by atoms with Gasteiger partial charge in [0.05, 0.1) is 28.4 Å². The number of para-hydroxylation sites is 4. The van der Waals surface area contributed by atoms with Crippen molar-refractivity contribution in [3.8, 4) is 23.0 Å². The van der Waals surface area contributed by atoms with Crippen molar-refractivity contribution >= 4 is 45.5 Å². The molecule has 92 heavy (non-hydrogen) atoms. The number of unbranched alkanes of at least 4 members (excludes halogenated alkanes) is 8. The van der Waals surface area contributed by atoms with E-state index in [1.807, 2.05) is 28.4 Å². The Balaban J connectivity index is 1.53. The monoisotopic (exact) mass is 1240 g/mol. The molecule has 0 aliphatic heterocycles. The first kappa shape index (κ1) is 68.5. The van der Waals surface area contributed by atoms with Crippen molar-refractivity contribution in [2.75, 3.05) is 49.7 Å². The number of fused-ring (bicyclic) bond motifs is 8. The Kier molecular flexibility index (Phi) is 23.9. The van der Waals surface area contributed by atoms with Gasteiger partial charge in [-0.2, -0.15) is 0 Å². The van der Waals surface area contributed by atoms with Crippen LogP contribution in [0.15, 0.2) is 121 Å². The first-order chi connectivity index (χ1) is 44.6. The highest BCUT2D eigenvalue weighted by Crippen LogP contribution is 2.54. The van der Waals surface area contributed by atoms with Gasteiger partial charge in [0.25, 0.3) is 0 Å². The molecule has 0 amide bonds. The minimum absolute atomic E-state index is 0.107. The van der Waals surface area contributed by atoms with E-state index in [2.05, 4.69) is 226 Å². The third-order valence-corrected chi connectivity index (χ3v) is 20.0. The van der Waals surface area contributed by atoms with E-state index in [0.29, 0.717) is 0 Å². The van der Waals surface area contributed by atoms with Gasteiger partial charge in [-0.3, -0.25) is 0 Å². The lowest BCUT2D eigenvalue weighted by atomic mass is 9.75. The van der Waals surface area contributed by atoms with E-state index >= 15 is 0 Å². The number of methoxy groups -OCH3 is 4. The van der Waals surface area contributed by atoms with Gasteiger partial charge in [-0.1, -0.05) is 178 Å². The van der Waals surface area contributed by atoms with Gasteiger partial charge in [-0.25, -0.2) is 0 Å². The fourth-order valence-electron chi connectivity index (χ4n) is 14.7. The SMILES string of the molecule is CCCCCC1c2cc(c(OC)cc2Nc2c(C)cccc2C)C(CCCCC)c2cc(c(OC)cc2Nc2c(C)cccc2C)C(CCCCC)c2cc(c(OC)cc2Nc2c(C)cccc2C)C(CCCCC)c2cc1c(OC)cc2Nc1c(C)cccc1C. The van der Waals surface area contributed by atoms with Crippen molar-refractivity contribution in [2.24, 2.45) is 0 Å². The van der Waals surface area contributed by atoms with Crippen molar-refractivity contribution in [1.29, 1.82) is 0 Å². The second kappa shape index (κ2) is 32.1. The molecule has 8 aromatic carbocycles. The summed E-state index contributed by atoms with van der Waals surface area (Å²) < 4.78 is 27.5. The van der Waals surface area contributed by atoms with Crippen LogP contribution >= 0.6 is 0 Å². The first-order valence-electron chi connectivity index (χ1n) is 34.8. The van der Waals surface area contributed by atoms with Crippen LogP contribution < -0.4 is 40.2 Å². The third-order valence-electron chi connectivity index (χ3n) is 20.0. The van der Waals surface area contributed by atoms with E-state index in [1.54, 1.807) is 0 Å². The molecule has 0 radical (unpaired) electrons. The molecule has 4 atom stereocenters. The molecule has 0 aromatic heterocycles. The van der Waals surface area contributed by atoms with Gasteiger partial charge in [0.15, 0.2) is 0 Å². The molecule has 0 saturated carbocycles. The zero-order chi connectivity index (χ0) is 65.6. The normalized spacial score (nSPS) is 15.2. The largest absolute Gasteiger partial charge is 0.496 e. The minimum Gasteiger partial charge on any atom is -0.496 e. The van der Waals surface area contributed by atoms with Crippen molar-refractivity contribution < 1.29 is 18.9 Å². The van der Waals surface area contributed by atoms with Gasteiger partial charge >= 0.3 is 0 Å². The highest BCUT2D eigenvalue weighted by Gasteiger charge is 2.35. The Hall–Kier alpha value is -7.84. The predicted molar refractivity (Wildman–Crippen MR) is 393 cm³/mol. The highest BCUT2D eigenvalue weighted by molar-refractivity contribution is 5.80. The fourth-order valence-corrected chi connectivity index (χ4v) is 14.7. The van der Waals surface area contributed by atoms with Gasteiger partial charge < -0.3 is 40.2 Å².